The summed E-state index contributed by atoms with van der Waals surface area (Å²) in [5.74, 6) is 0.498. The molecule has 1 fully saturated rings. The molecule has 1 saturated carbocycles. The molecule has 0 spiro atoms. The van der Waals surface area contributed by atoms with Gasteiger partial charge in [0, 0.05) is 12.1 Å². The van der Waals surface area contributed by atoms with Gasteiger partial charge in [-0.25, -0.2) is 0 Å². The van der Waals surface area contributed by atoms with Gasteiger partial charge in [0.25, 0.3) is 0 Å². The average Bonchev–Trinajstić information content (AvgIpc) is 2.68. The van der Waals surface area contributed by atoms with E-state index < -0.39 is 0 Å². The maximum atomic E-state index is 11.3. The number of carbonyl (C=O) groups is 1. The summed E-state index contributed by atoms with van der Waals surface area (Å²) in [6, 6.07) is 0.429. The molecule has 3 nitrogen and oxygen atoms in total. The number of hydrogen-bond donors (Lipinski definition) is 0. The predicted molar refractivity (Wildman–Crippen MR) is 77.7 cm³/mol. The maximum Gasteiger partial charge on any atom is 0.153 e. The fourth-order valence-electron chi connectivity index (χ4n) is 3.23. The monoisotopic (exact) mass is 262 g/mol. The van der Waals surface area contributed by atoms with Gasteiger partial charge < -0.3 is 0 Å². The molecule has 0 atom stereocenters. The highest BCUT2D eigenvalue weighted by molar-refractivity contribution is 5.76. The van der Waals surface area contributed by atoms with Gasteiger partial charge in [0.15, 0.2) is 6.29 Å². The predicted octanol–water partition coefficient (Wildman–Crippen LogP) is 4.49. The lowest BCUT2D eigenvalue weighted by molar-refractivity contribution is 0.112. The SMILES string of the molecule is CCC(CC)n1cc(C=O)c(C2CCCCCC2)n1. The maximum absolute atomic E-state index is 11.3. The summed E-state index contributed by atoms with van der Waals surface area (Å²) in [5, 5.41) is 4.77. The molecule has 0 bridgehead atoms. The van der Waals surface area contributed by atoms with Crippen LogP contribution in [0.4, 0.5) is 0 Å². The molecule has 1 aromatic rings. The van der Waals surface area contributed by atoms with Crippen molar-refractivity contribution in [1.82, 2.24) is 9.78 Å². The molecule has 0 N–H and O–H groups in total. The van der Waals surface area contributed by atoms with Gasteiger partial charge in [0.05, 0.1) is 17.3 Å². The summed E-state index contributed by atoms with van der Waals surface area (Å²) in [4.78, 5) is 11.3. The van der Waals surface area contributed by atoms with Gasteiger partial charge in [-0.2, -0.15) is 5.10 Å². The number of aromatic nitrogens is 2. The molecule has 1 heterocycles. The van der Waals surface area contributed by atoms with E-state index in [-0.39, 0.29) is 0 Å². The van der Waals surface area contributed by atoms with Crippen molar-refractivity contribution >= 4 is 6.29 Å². The van der Waals surface area contributed by atoms with Crippen molar-refractivity contribution in [3.05, 3.63) is 17.5 Å². The number of hydrogen-bond acceptors (Lipinski definition) is 2. The molecule has 0 aliphatic heterocycles. The quantitative estimate of drug-likeness (QED) is 0.578. The molecule has 106 valence electrons. The minimum atomic E-state index is 0.429. The van der Waals surface area contributed by atoms with Crippen molar-refractivity contribution in [2.24, 2.45) is 0 Å². The van der Waals surface area contributed by atoms with E-state index in [1.807, 2.05) is 10.9 Å². The van der Waals surface area contributed by atoms with Crippen LogP contribution < -0.4 is 0 Å². The Morgan fingerprint density at radius 2 is 1.89 bits per heavy atom. The van der Waals surface area contributed by atoms with E-state index in [1.54, 1.807) is 0 Å². The molecule has 1 aromatic heterocycles. The van der Waals surface area contributed by atoms with E-state index in [2.05, 4.69) is 13.8 Å². The molecule has 1 aliphatic carbocycles. The van der Waals surface area contributed by atoms with Gasteiger partial charge in [-0.05, 0) is 25.7 Å². The fourth-order valence-corrected chi connectivity index (χ4v) is 3.23. The summed E-state index contributed by atoms with van der Waals surface area (Å²) in [5.41, 5.74) is 1.88. The second kappa shape index (κ2) is 6.88. The number of aldehydes is 1. The van der Waals surface area contributed by atoms with Crippen molar-refractivity contribution in [2.75, 3.05) is 0 Å². The van der Waals surface area contributed by atoms with Gasteiger partial charge in [-0.1, -0.05) is 39.5 Å². The highest BCUT2D eigenvalue weighted by Gasteiger charge is 2.22. The van der Waals surface area contributed by atoms with Crippen LogP contribution in [0.25, 0.3) is 0 Å². The summed E-state index contributed by atoms with van der Waals surface area (Å²) in [6.07, 6.45) is 12.7. The Balaban J connectivity index is 2.25. The third-order valence-electron chi connectivity index (χ3n) is 4.48. The van der Waals surface area contributed by atoms with Crippen molar-refractivity contribution in [2.45, 2.75) is 77.2 Å². The van der Waals surface area contributed by atoms with Crippen LogP contribution in [0.15, 0.2) is 6.20 Å². The summed E-state index contributed by atoms with van der Waals surface area (Å²) < 4.78 is 2.03. The molecular formula is C16H26N2O. The van der Waals surface area contributed by atoms with Crippen LogP contribution in [-0.4, -0.2) is 16.1 Å². The Bertz CT molecular complexity index is 399. The smallest absolute Gasteiger partial charge is 0.153 e. The zero-order valence-electron chi connectivity index (χ0n) is 12.3. The van der Waals surface area contributed by atoms with Gasteiger partial charge in [-0.15, -0.1) is 0 Å². The van der Waals surface area contributed by atoms with Gasteiger partial charge >= 0.3 is 0 Å². The summed E-state index contributed by atoms with van der Waals surface area (Å²) >= 11 is 0. The first-order valence-electron chi connectivity index (χ1n) is 7.84. The van der Waals surface area contributed by atoms with E-state index in [0.717, 1.165) is 30.4 Å². The highest BCUT2D eigenvalue weighted by Crippen LogP contribution is 2.32. The van der Waals surface area contributed by atoms with E-state index in [4.69, 9.17) is 5.10 Å². The zero-order chi connectivity index (χ0) is 13.7. The van der Waals surface area contributed by atoms with Crippen LogP contribution in [0.3, 0.4) is 0 Å². The van der Waals surface area contributed by atoms with E-state index in [0.29, 0.717) is 12.0 Å². The molecule has 2 rings (SSSR count). The largest absolute Gasteiger partial charge is 0.298 e. The van der Waals surface area contributed by atoms with Crippen LogP contribution >= 0.6 is 0 Å². The first-order chi connectivity index (χ1) is 9.30. The molecule has 0 amide bonds. The van der Waals surface area contributed by atoms with Crippen LogP contribution in [0.1, 0.15) is 93.2 Å². The lowest BCUT2D eigenvalue weighted by Gasteiger charge is -2.14. The molecule has 0 saturated heterocycles. The second-order valence-electron chi connectivity index (χ2n) is 5.73. The Hall–Kier alpha value is -1.12. The lowest BCUT2D eigenvalue weighted by Crippen LogP contribution is -2.09. The van der Waals surface area contributed by atoms with Crippen LogP contribution in [-0.2, 0) is 0 Å². The van der Waals surface area contributed by atoms with Gasteiger partial charge in [-0.3, -0.25) is 9.48 Å². The van der Waals surface area contributed by atoms with E-state index >= 15 is 0 Å². The molecule has 0 unspecified atom stereocenters. The van der Waals surface area contributed by atoms with Crippen molar-refractivity contribution in [3.8, 4) is 0 Å². The molecular weight excluding hydrogens is 236 g/mol. The molecule has 1 aliphatic rings. The number of carbonyl (C=O) groups excluding carboxylic acids is 1. The minimum absolute atomic E-state index is 0.429. The molecule has 0 radical (unpaired) electrons. The fraction of sp³-hybridized carbons (Fsp3) is 0.750. The van der Waals surface area contributed by atoms with Crippen LogP contribution in [0, 0.1) is 0 Å². The minimum Gasteiger partial charge on any atom is -0.298 e. The Morgan fingerprint density at radius 1 is 1.26 bits per heavy atom. The number of rotatable bonds is 5. The van der Waals surface area contributed by atoms with Gasteiger partial charge in [0.1, 0.15) is 0 Å². The first-order valence-corrected chi connectivity index (χ1v) is 7.84. The summed E-state index contributed by atoms with van der Waals surface area (Å²) in [7, 11) is 0. The first kappa shape index (κ1) is 14.3. The molecule has 0 aromatic carbocycles. The lowest BCUT2D eigenvalue weighted by atomic mass is 9.94. The summed E-state index contributed by atoms with van der Waals surface area (Å²) in [6.45, 7) is 4.36. The standard InChI is InChI=1S/C16H26N2O/c1-3-15(4-2)18-11-14(12-19)16(17-18)13-9-7-5-6-8-10-13/h11-13,15H,3-10H2,1-2H3. The van der Waals surface area contributed by atoms with Gasteiger partial charge in [0.2, 0.25) is 0 Å². The normalized spacial score (nSPS) is 17.6. The third kappa shape index (κ3) is 3.26. The van der Waals surface area contributed by atoms with E-state index in [1.165, 1.54) is 38.5 Å². The van der Waals surface area contributed by atoms with Crippen molar-refractivity contribution < 1.29 is 4.79 Å². The Kier molecular flexibility index (Phi) is 5.17. The second-order valence-corrected chi connectivity index (χ2v) is 5.73. The zero-order valence-corrected chi connectivity index (χ0v) is 12.3. The number of nitrogens with zero attached hydrogens (tertiary/aromatic N) is 2. The van der Waals surface area contributed by atoms with Crippen molar-refractivity contribution in [3.63, 3.8) is 0 Å². The van der Waals surface area contributed by atoms with Crippen LogP contribution in [0.2, 0.25) is 0 Å². The van der Waals surface area contributed by atoms with Crippen LogP contribution in [0.5, 0.6) is 0 Å². The third-order valence-corrected chi connectivity index (χ3v) is 4.48. The average molecular weight is 262 g/mol. The topological polar surface area (TPSA) is 34.9 Å². The molecule has 19 heavy (non-hydrogen) atoms. The van der Waals surface area contributed by atoms with Crippen molar-refractivity contribution in [1.29, 1.82) is 0 Å². The Morgan fingerprint density at radius 3 is 2.42 bits per heavy atom. The highest BCUT2D eigenvalue weighted by atomic mass is 16.1. The molecule has 3 heteroatoms. The van der Waals surface area contributed by atoms with E-state index in [9.17, 15) is 4.79 Å². The Labute approximate surface area is 116 Å².